The second kappa shape index (κ2) is 4.02. The normalized spacial score (nSPS) is 12.5. The molecule has 1 unspecified atom stereocenters. The maximum absolute atomic E-state index is 11.4. The molecule has 0 spiro atoms. The standard InChI is InChI=1S/C8H14N4O/c1-4-6(2)8(13)10-7-5-9-11-12(7)3/h5-6H,4H2,1-3H3,(H,10,13). The molecule has 0 aromatic carbocycles. The summed E-state index contributed by atoms with van der Waals surface area (Å²) in [7, 11) is 1.74. The molecule has 1 N–H and O–H groups in total. The average molecular weight is 182 g/mol. The van der Waals surface area contributed by atoms with Gasteiger partial charge in [-0.25, -0.2) is 4.68 Å². The van der Waals surface area contributed by atoms with E-state index in [9.17, 15) is 4.79 Å². The number of carbonyl (C=O) groups excluding carboxylic acids is 1. The monoisotopic (exact) mass is 182 g/mol. The van der Waals surface area contributed by atoms with Crippen molar-refractivity contribution in [1.29, 1.82) is 0 Å². The van der Waals surface area contributed by atoms with Crippen LogP contribution in [0.4, 0.5) is 5.82 Å². The molecule has 1 aromatic rings. The van der Waals surface area contributed by atoms with Crippen molar-refractivity contribution in [2.45, 2.75) is 20.3 Å². The number of nitrogens with one attached hydrogen (secondary N) is 1. The van der Waals surface area contributed by atoms with E-state index in [0.29, 0.717) is 5.82 Å². The summed E-state index contributed by atoms with van der Waals surface area (Å²) in [5, 5.41) is 10.1. The Morgan fingerprint density at radius 2 is 2.46 bits per heavy atom. The van der Waals surface area contributed by atoms with E-state index < -0.39 is 0 Å². The van der Waals surface area contributed by atoms with Crippen LogP contribution in [-0.2, 0) is 11.8 Å². The van der Waals surface area contributed by atoms with Gasteiger partial charge in [-0.2, -0.15) is 0 Å². The maximum atomic E-state index is 11.4. The van der Waals surface area contributed by atoms with Crippen molar-refractivity contribution in [2.75, 3.05) is 5.32 Å². The number of carbonyl (C=O) groups is 1. The SMILES string of the molecule is CCC(C)C(=O)Nc1cnnn1C. The minimum Gasteiger partial charge on any atom is -0.309 e. The second-order valence-electron chi connectivity index (χ2n) is 3.04. The highest BCUT2D eigenvalue weighted by Crippen LogP contribution is 2.06. The van der Waals surface area contributed by atoms with Gasteiger partial charge in [-0.05, 0) is 6.42 Å². The molecule has 1 aromatic heterocycles. The van der Waals surface area contributed by atoms with Crippen LogP contribution < -0.4 is 5.32 Å². The lowest BCUT2D eigenvalue weighted by Crippen LogP contribution is -2.21. The molecule has 0 saturated carbocycles. The fourth-order valence-corrected chi connectivity index (χ4v) is 0.838. The Morgan fingerprint density at radius 1 is 1.77 bits per heavy atom. The molecule has 0 aliphatic heterocycles. The van der Waals surface area contributed by atoms with Gasteiger partial charge in [0.25, 0.3) is 0 Å². The van der Waals surface area contributed by atoms with Crippen LogP contribution in [0.15, 0.2) is 6.20 Å². The fourth-order valence-electron chi connectivity index (χ4n) is 0.838. The van der Waals surface area contributed by atoms with Crippen LogP contribution in [0, 0.1) is 5.92 Å². The number of hydrogen-bond donors (Lipinski definition) is 1. The summed E-state index contributed by atoms with van der Waals surface area (Å²) >= 11 is 0. The van der Waals surface area contributed by atoms with Gasteiger partial charge in [0, 0.05) is 13.0 Å². The quantitative estimate of drug-likeness (QED) is 0.752. The van der Waals surface area contributed by atoms with Gasteiger partial charge in [-0.3, -0.25) is 4.79 Å². The summed E-state index contributed by atoms with van der Waals surface area (Å²) in [6.45, 7) is 3.87. The first-order valence-electron chi connectivity index (χ1n) is 4.30. The van der Waals surface area contributed by atoms with Crippen molar-refractivity contribution in [3.63, 3.8) is 0 Å². The van der Waals surface area contributed by atoms with Crippen LogP contribution in [0.25, 0.3) is 0 Å². The van der Waals surface area contributed by atoms with E-state index in [2.05, 4.69) is 15.6 Å². The zero-order valence-corrected chi connectivity index (χ0v) is 8.11. The van der Waals surface area contributed by atoms with Crippen LogP contribution in [0.3, 0.4) is 0 Å². The predicted molar refractivity (Wildman–Crippen MR) is 49.1 cm³/mol. The van der Waals surface area contributed by atoms with Crippen molar-refractivity contribution in [3.05, 3.63) is 6.20 Å². The van der Waals surface area contributed by atoms with Crippen LogP contribution in [0.5, 0.6) is 0 Å². The van der Waals surface area contributed by atoms with Gasteiger partial charge in [0.15, 0.2) is 5.82 Å². The first kappa shape index (κ1) is 9.70. The molecule has 1 rings (SSSR count). The van der Waals surface area contributed by atoms with E-state index in [4.69, 9.17) is 0 Å². The lowest BCUT2D eigenvalue weighted by molar-refractivity contribution is -0.119. The highest BCUT2D eigenvalue weighted by Gasteiger charge is 2.11. The predicted octanol–water partition coefficient (Wildman–Crippen LogP) is 0.800. The Morgan fingerprint density at radius 3 is 2.92 bits per heavy atom. The zero-order chi connectivity index (χ0) is 9.84. The van der Waals surface area contributed by atoms with E-state index >= 15 is 0 Å². The van der Waals surface area contributed by atoms with Crippen LogP contribution in [-0.4, -0.2) is 20.9 Å². The molecule has 72 valence electrons. The molecule has 0 bridgehead atoms. The molecule has 0 aliphatic carbocycles. The summed E-state index contributed by atoms with van der Waals surface area (Å²) in [6.07, 6.45) is 2.36. The fraction of sp³-hybridized carbons (Fsp3) is 0.625. The molecule has 5 nitrogen and oxygen atoms in total. The Hall–Kier alpha value is -1.39. The van der Waals surface area contributed by atoms with Gasteiger partial charge in [0.1, 0.15) is 0 Å². The average Bonchev–Trinajstić information content (AvgIpc) is 2.50. The van der Waals surface area contributed by atoms with Crippen LogP contribution in [0.1, 0.15) is 20.3 Å². The van der Waals surface area contributed by atoms with Crippen molar-refractivity contribution in [2.24, 2.45) is 13.0 Å². The number of aromatic nitrogens is 3. The molecule has 5 heteroatoms. The number of aryl methyl sites for hydroxylation is 1. The number of anilines is 1. The molecule has 0 radical (unpaired) electrons. The summed E-state index contributed by atoms with van der Waals surface area (Å²) in [5.41, 5.74) is 0. The molecule has 1 amide bonds. The van der Waals surface area contributed by atoms with Crippen molar-refractivity contribution >= 4 is 11.7 Å². The number of rotatable bonds is 3. The molecule has 1 atom stereocenters. The smallest absolute Gasteiger partial charge is 0.228 e. The molecular formula is C8H14N4O. The summed E-state index contributed by atoms with van der Waals surface area (Å²) < 4.78 is 1.53. The van der Waals surface area contributed by atoms with Crippen molar-refractivity contribution < 1.29 is 4.79 Å². The second-order valence-corrected chi connectivity index (χ2v) is 3.04. The van der Waals surface area contributed by atoms with E-state index in [-0.39, 0.29) is 11.8 Å². The Balaban J connectivity index is 2.60. The van der Waals surface area contributed by atoms with Gasteiger partial charge >= 0.3 is 0 Å². The minimum atomic E-state index is 0.00731. The van der Waals surface area contributed by atoms with Gasteiger partial charge < -0.3 is 5.32 Å². The molecular weight excluding hydrogens is 168 g/mol. The largest absolute Gasteiger partial charge is 0.309 e. The van der Waals surface area contributed by atoms with Crippen LogP contribution in [0.2, 0.25) is 0 Å². The number of hydrogen-bond acceptors (Lipinski definition) is 3. The summed E-state index contributed by atoms with van der Waals surface area (Å²) in [6, 6.07) is 0. The molecule has 0 aliphatic rings. The Bertz CT molecular complexity index is 294. The van der Waals surface area contributed by atoms with Gasteiger partial charge in [-0.15, -0.1) is 5.10 Å². The molecule has 1 heterocycles. The molecule has 0 fully saturated rings. The summed E-state index contributed by atoms with van der Waals surface area (Å²) in [5.74, 6) is 0.660. The lowest BCUT2D eigenvalue weighted by atomic mass is 10.1. The minimum absolute atomic E-state index is 0.00731. The lowest BCUT2D eigenvalue weighted by Gasteiger charge is -2.08. The van der Waals surface area contributed by atoms with Gasteiger partial charge in [0.2, 0.25) is 5.91 Å². The third kappa shape index (κ3) is 2.27. The summed E-state index contributed by atoms with van der Waals surface area (Å²) in [4.78, 5) is 11.4. The van der Waals surface area contributed by atoms with Crippen molar-refractivity contribution in [1.82, 2.24) is 15.0 Å². The maximum Gasteiger partial charge on any atom is 0.228 e. The first-order chi connectivity index (χ1) is 6.15. The van der Waals surface area contributed by atoms with E-state index in [1.165, 1.54) is 10.9 Å². The Labute approximate surface area is 77.1 Å². The highest BCUT2D eigenvalue weighted by molar-refractivity contribution is 5.91. The number of amides is 1. The molecule has 13 heavy (non-hydrogen) atoms. The van der Waals surface area contributed by atoms with Gasteiger partial charge in [0.05, 0.1) is 6.20 Å². The zero-order valence-electron chi connectivity index (χ0n) is 8.11. The Kier molecular flexibility index (Phi) is 3.00. The van der Waals surface area contributed by atoms with Gasteiger partial charge in [-0.1, -0.05) is 19.1 Å². The molecule has 0 saturated heterocycles. The van der Waals surface area contributed by atoms with Crippen molar-refractivity contribution in [3.8, 4) is 0 Å². The van der Waals surface area contributed by atoms with Crippen LogP contribution >= 0.6 is 0 Å². The van der Waals surface area contributed by atoms with E-state index in [1.807, 2.05) is 13.8 Å². The third-order valence-corrected chi connectivity index (χ3v) is 2.03. The van der Waals surface area contributed by atoms with E-state index in [0.717, 1.165) is 6.42 Å². The first-order valence-corrected chi connectivity index (χ1v) is 4.30. The third-order valence-electron chi connectivity index (χ3n) is 2.03. The highest BCUT2D eigenvalue weighted by atomic mass is 16.2. The topological polar surface area (TPSA) is 59.8 Å². The van der Waals surface area contributed by atoms with E-state index in [1.54, 1.807) is 7.05 Å². The number of nitrogens with zero attached hydrogens (tertiary/aromatic N) is 3.